The predicted molar refractivity (Wildman–Crippen MR) is 80.7 cm³/mol. The van der Waals surface area contributed by atoms with Crippen LogP contribution >= 0.6 is 0 Å². The molecule has 0 radical (unpaired) electrons. The van der Waals surface area contributed by atoms with Crippen LogP contribution in [-0.4, -0.2) is 19.8 Å². The first-order valence-corrected chi connectivity index (χ1v) is 7.71. The van der Waals surface area contributed by atoms with E-state index in [0.29, 0.717) is 12.2 Å². The molecule has 0 saturated carbocycles. The van der Waals surface area contributed by atoms with Gasteiger partial charge in [0.2, 0.25) is 10.0 Å². The Bertz CT molecular complexity index is 711. The molecule has 0 heterocycles. The van der Waals surface area contributed by atoms with Gasteiger partial charge in [0, 0.05) is 19.3 Å². The van der Waals surface area contributed by atoms with Gasteiger partial charge in [0.05, 0.1) is 4.90 Å². The Hall–Kier alpha value is -1.85. The number of benzene rings is 2. The minimum atomic E-state index is -3.52. The standard InChI is InChI=1S/C15H18N2O2S/c1-12-6-3-4-7-13(12)11-17(2)20(18,19)15-9-5-8-14(16)10-15/h3-10H,11,16H2,1-2H3. The first-order valence-electron chi connectivity index (χ1n) is 6.27. The highest BCUT2D eigenvalue weighted by Crippen LogP contribution is 2.19. The van der Waals surface area contributed by atoms with E-state index in [1.165, 1.54) is 10.4 Å². The Morgan fingerprint density at radius 2 is 1.80 bits per heavy atom. The zero-order valence-corrected chi connectivity index (χ0v) is 12.4. The molecule has 2 aromatic carbocycles. The number of sulfonamides is 1. The fourth-order valence-corrected chi connectivity index (χ4v) is 3.17. The van der Waals surface area contributed by atoms with Crippen molar-refractivity contribution in [1.29, 1.82) is 0 Å². The fourth-order valence-electron chi connectivity index (χ4n) is 1.97. The second-order valence-electron chi connectivity index (χ2n) is 4.76. The maximum atomic E-state index is 12.5. The third-order valence-electron chi connectivity index (χ3n) is 3.22. The van der Waals surface area contributed by atoms with Gasteiger partial charge in [-0.3, -0.25) is 0 Å². The molecule has 0 fully saturated rings. The van der Waals surface area contributed by atoms with Crippen molar-refractivity contribution in [1.82, 2.24) is 4.31 Å². The maximum absolute atomic E-state index is 12.5. The number of nitrogen functional groups attached to an aromatic ring is 1. The molecule has 5 heteroatoms. The summed E-state index contributed by atoms with van der Waals surface area (Å²) >= 11 is 0. The van der Waals surface area contributed by atoms with Crippen LogP contribution in [0.2, 0.25) is 0 Å². The van der Waals surface area contributed by atoms with Crippen LogP contribution in [0.1, 0.15) is 11.1 Å². The average Bonchev–Trinajstić information content (AvgIpc) is 2.41. The Balaban J connectivity index is 2.29. The second kappa shape index (κ2) is 5.64. The van der Waals surface area contributed by atoms with E-state index in [9.17, 15) is 8.42 Å². The highest BCUT2D eigenvalue weighted by Gasteiger charge is 2.21. The molecule has 0 atom stereocenters. The lowest BCUT2D eigenvalue weighted by molar-refractivity contribution is 0.466. The normalized spacial score (nSPS) is 11.8. The van der Waals surface area contributed by atoms with E-state index in [1.54, 1.807) is 25.2 Å². The SMILES string of the molecule is Cc1ccccc1CN(C)S(=O)(=O)c1cccc(N)c1. The summed E-state index contributed by atoms with van der Waals surface area (Å²) in [6, 6.07) is 14.1. The third kappa shape index (κ3) is 3.00. The molecule has 0 spiro atoms. The van der Waals surface area contributed by atoms with Crippen molar-refractivity contribution >= 4 is 15.7 Å². The van der Waals surface area contributed by atoms with Gasteiger partial charge in [-0.2, -0.15) is 4.31 Å². The van der Waals surface area contributed by atoms with Crippen molar-refractivity contribution in [3.05, 3.63) is 59.7 Å². The summed E-state index contributed by atoms with van der Waals surface area (Å²) in [6.45, 7) is 2.31. The molecule has 2 N–H and O–H groups in total. The van der Waals surface area contributed by atoms with E-state index >= 15 is 0 Å². The molecule has 0 aliphatic rings. The maximum Gasteiger partial charge on any atom is 0.243 e. The van der Waals surface area contributed by atoms with Gasteiger partial charge in [-0.25, -0.2) is 8.42 Å². The number of hydrogen-bond donors (Lipinski definition) is 1. The third-order valence-corrected chi connectivity index (χ3v) is 5.02. The molecule has 0 aliphatic heterocycles. The lowest BCUT2D eigenvalue weighted by Gasteiger charge is -2.18. The highest BCUT2D eigenvalue weighted by atomic mass is 32.2. The summed E-state index contributed by atoms with van der Waals surface area (Å²) < 4.78 is 26.3. The monoisotopic (exact) mass is 290 g/mol. The molecule has 0 unspecified atom stereocenters. The predicted octanol–water partition coefficient (Wildman–Crippen LogP) is 2.40. The number of nitrogens with zero attached hydrogens (tertiary/aromatic N) is 1. The minimum absolute atomic E-state index is 0.216. The van der Waals surface area contributed by atoms with Crippen molar-refractivity contribution in [3.8, 4) is 0 Å². The molecular formula is C15H18N2O2S. The summed E-state index contributed by atoms with van der Waals surface area (Å²) in [5.74, 6) is 0. The van der Waals surface area contributed by atoms with E-state index in [1.807, 2.05) is 31.2 Å². The Labute approximate surface area is 119 Å². The van der Waals surface area contributed by atoms with Gasteiger partial charge >= 0.3 is 0 Å². The van der Waals surface area contributed by atoms with E-state index in [-0.39, 0.29) is 4.90 Å². The second-order valence-corrected chi connectivity index (χ2v) is 6.80. The summed E-state index contributed by atoms with van der Waals surface area (Å²) in [5.41, 5.74) is 8.15. The molecule has 0 aromatic heterocycles. The Kier molecular flexibility index (Phi) is 4.11. The van der Waals surface area contributed by atoms with Crippen molar-refractivity contribution in [2.75, 3.05) is 12.8 Å². The van der Waals surface area contributed by atoms with Gasteiger partial charge in [-0.15, -0.1) is 0 Å². The average molecular weight is 290 g/mol. The zero-order chi connectivity index (χ0) is 14.8. The van der Waals surface area contributed by atoms with E-state index in [2.05, 4.69) is 0 Å². The van der Waals surface area contributed by atoms with E-state index in [4.69, 9.17) is 5.73 Å². The van der Waals surface area contributed by atoms with Gasteiger partial charge in [-0.1, -0.05) is 30.3 Å². The summed E-state index contributed by atoms with van der Waals surface area (Å²) in [7, 11) is -1.95. The number of nitrogens with two attached hydrogens (primary N) is 1. The molecule has 4 nitrogen and oxygen atoms in total. The quantitative estimate of drug-likeness (QED) is 0.879. The van der Waals surface area contributed by atoms with Crippen LogP contribution in [0.25, 0.3) is 0 Å². The molecule has 0 saturated heterocycles. The summed E-state index contributed by atoms with van der Waals surface area (Å²) in [5, 5.41) is 0. The van der Waals surface area contributed by atoms with Crippen LogP contribution in [-0.2, 0) is 16.6 Å². The Morgan fingerprint density at radius 3 is 2.45 bits per heavy atom. The largest absolute Gasteiger partial charge is 0.399 e. The number of hydrogen-bond acceptors (Lipinski definition) is 3. The molecule has 2 rings (SSSR count). The summed E-state index contributed by atoms with van der Waals surface area (Å²) in [6.07, 6.45) is 0. The zero-order valence-electron chi connectivity index (χ0n) is 11.6. The molecule has 2 aromatic rings. The van der Waals surface area contributed by atoms with Crippen molar-refractivity contribution in [2.24, 2.45) is 0 Å². The van der Waals surface area contributed by atoms with Crippen molar-refractivity contribution in [2.45, 2.75) is 18.4 Å². The molecule has 106 valence electrons. The number of aryl methyl sites for hydroxylation is 1. The molecule has 0 amide bonds. The van der Waals surface area contributed by atoms with Crippen LogP contribution in [0.5, 0.6) is 0 Å². The fraction of sp³-hybridized carbons (Fsp3) is 0.200. The van der Waals surface area contributed by atoms with Gasteiger partial charge in [0.15, 0.2) is 0 Å². The minimum Gasteiger partial charge on any atom is -0.399 e. The smallest absolute Gasteiger partial charge is 0.243 e. The highest BCUT2D eigenvalue weighted by molar-refractivity contribution is 7.89. The van der Waals surface area contributed by atoms with Gasteiger partial charge < -0.3 is 5.73 Å². The Morgan fingerprint density at radius 1 is 1.10 bits per heavy atom. The summed E-state index contributed by atoms with van der Waals surface area (Å²) in [4.78, 5) is 0.216. The van der Waals surface area contributed by atoms with Gasteiger partial charge in [-0.05, 0) is 36.2 Å². The number of rotatable bonds is 4. The molecular weight excluding hydrogens is 272 g/mol. The lowest BCUT2D eigenvalue weighted by Crippen LogP contribution is -2.26. The van der Waals surface area contributed by atoms with E-state index in [0.717, 1.165) is 11.1 Å². The topological polar surface area (TPSA) is 63.4 Å². The van der Waals surface area contributed by atoms with Crippen LogP contribution in [0.15, 0.2) is 53.4 Å². The van der Waals surface area contributed by atoms with Crippen molar-refractivity contribution in [3.63, 3.8) is 0 Å². The lowest BCUT2D eigenvalue weighted by atomic mass is 10.1. The van der Waals surface area contributed by atoms with Crippen LogP contribution in [0.4, 0.5) is 5.69 Å². The number of anilines is 1. The van der Waals surface area contributed by atoms with Crippen LogP contribution in [0.3, 0.4) is 0 Å². The molecule has 0 bridgehead atoms. The molecule has 0 aliphatic carbocycles. The molecule has 20 heavy (non-hydrogen) atoms. The van der Waals surface area contributed by atoms with Gasteiger partial charge in [0.25, 0.3) is 0 Å². The van der Waals surface area contributed by atoms with Crippen LogP contribution in [0, 0.1) is 6.92 Å². The van der Waals surface area contributed by atoms with E-state index < -0.39 is 10.0 Å². The van der Waals surface area contributed by atoms with Crippen molar-refractivity contribution < 1.29 is 8.42 Å². The first-order chi connectivity index (χ1) is 9.41. The van der Waals surface area contributed by atoms with Crippen LogP contribution < -0.4 is 5.73 Å². The van der Waals surface area contributed by atoms with Gasteiger partial charge in [0.1, 0.15) is 0 Å². The first kappa shape index (κ1) is 14.6.